The molecule has 2 heteroatoms. The summed E-state index contributed by atoms with van der Waals surface area (Å²) in [6.07, 6.45) is 1.61. The molecule has 18 heavy (non-hydrogen) atoms. The number of carbonyl (C=O) groups excluding carboxylic acids is 1. The minimum Gasteiger partial charge on any atom is -0.550 e. The Kier molecular flexibility index (Phi) is 3.92. The Morgan fingerprint density at radius 1 is 0.889 bits per heavy atom. The van der Waals surface area contributed by atoms with Crippen molar-refractivity contribution in [1.82, 2.24) is 0 Å². The minimum atomic E-state index is -1.07. The van der Waals surface area contributed by atoms with E-state index in [0.717, 1.165) is 16.7 Å². The summed E-state index contributed by atoms with van der Waals surface area (Å²) in [5, 5.41) is 10.6. The van der Waals surface area contributed by atoms with Crippen LogP contribution in [0.4, 0.5) is 0 Å². The number of rotatable bonds is 4. The second kappa shape index (κ2) is 5.82. The first kappa shape index (κ1) is 12.1. The van der Waals surface area contributed by atoms with Gasteiger partial charge in [-0.25, -0.2) is 0 Å². The SMILES string of the molecule is O=C([O-])CC=C(c1ccccc1)c1ccccc1. The fourth-order valence-corrected chi connectivity index (χ4v) is 1.82. The molecule has 2 aromatic carbocycles. The van der Waals surface area contributed by atoms with Gasteiger partial charge in [0, 0.05) is 12.4 Å². The molecule has 0 bridgehead atoms. The van der Waals surface area contributed by atoms with Crippen LogP contribution in [0.3, 0.4) is 0 Å². The standard InChI is InChI=1S/C16H14O2/c17-16(18)12-11-15(13-7-3-1-4-8-13)14-9-5-2-6-10-14/h1-11H,12H2,(H,17,18)/p-1. The molecule has 0 radical (unpaired) electrons. The monoisotopic (exact) mass is 237 g/mol. The maximum atomic E-state index is 10.6. The first-order valence-electron chi connectivity index (χ1n) is 5.78. The van der Waals surface area contributed by atoms with Crippen molar-refractivity contribution in [3.05, 3.63) is 77.9 Å². The van der Waals surface area contributed by atoms with Crippen molar-refractivity contribution in [3.8, 4) is 0 Å². The van der Waals surface area contributed by atoms with Crippen LogP contribution in [0.2, 0.25) is 0 Å². The molecule has 0 aliphatic heterocycles. The van der Waals surface area contributed by atoms with Crippen molar-refractivity contribution in [2.75, 3.05) is 0 Å². The molecule has 90 valence electrons. The number of carboxylic acids is 1. The van der Waals surface area contributed by atoms with E-state index in [1.54, 1.807) is 6.08 Å². The molecule has 0 saturated heterocycles. The Bertz CT molecular complexity index is 500. The summed E-state index contributed by atoms with van der Waals surface area (Å²) < 4.78 is 0. The van der Waals surface area contributed by atoms with Gasteiger partial charge in [0.1, 0.15) is 0 Å². The Balaban J connectivity index is 2.42. The summed E-state index contributed by atoms with van der Waals surface area (Å²) in [7, 11) is 0. The van der Waals surface area contributed by atoms with Crippen LogP contribution < -0.4 is 5.11 Å². The van der Waals surface area contributed by atoms with E-state index in [1.165, 1.54) is 0 Å². The van der Waals surface area contributed by atoms with E-state index in [2.05, 4.69) is 0 Å². The third-order valence-corrected chi connectivity index (χ3v) is 2.64. The van der Waals surface area contributed by atoms with E-state index >= 15 is 0 Å². The van der Waals surface area contributed by atoms with Gasteiger partial charge in [0.05, 0.1) is 0 Å². The quantitative estimate of drug-likeness (QED) is 0.818. The molecular weight excluding hydrogens is 224 g/mol. The van der Waals surface area contributed by atoms with Crippen LogP contribution >= 0.6 is 0 Å². The third kappa shape index (κ3) is 3.08. The molecule has 0 amide bonds. The van der Waals surface area contributed by atoms with Gasteiger partial charge in [0.25, 0.3) is 0 Å². The third-order valence-electron chi connectivity index (χ3n) is 2.64. The lowest BCUT2D eigenvalue weighted by atomic mass is 9.97. The normalized spacial score (nSPS) is 9.78. The molecule has 0 aromatic heterocycles. The van der Waals surface area contributed by atoms with Crippen LogP contribution in [-0.4, -0.2) is 5.97 Å². The fourth-order valence-electron chi connectivity index (χ4n) is 1.82. The summed E-state index contributed by atoms with van der Waals surface area (Å²) in [6, 6.07) is 19.5. The molecule has 0 N–H and O–H groups in total. The van der Waals surface area contributed by atoms with Gasteiger partial charge in [0.2, 0.25) is 0 Å². The topological polar surface area (TPSA) is 40.1 Å². The number of hydrogen-bond donors (Lipinski definition) is 0. The number of carbonyl (C=O) groups is 1. The molecule has 2 rings (SSSR count). The van der Waals surface area contributed by atoms with Crippen molar-refractivity contribution in [2.24, 2.45) is 0 Å². The predicted octanol–water partition coefficient (Wildman–Crippen LogP) is 2.26. The van der Waals surface area contributed by atoms with E-state index in [9.17, 15) is 9.90 Å². The lowest BCUT2D eigenvalue weighted by molar-refractivity contribution is -0.304. The van der Waals surface area contributed by atoms with Gasteiger partial charge in [-0.05, 0) is 16.7 Å². The van der Waals surface area contributed by atoms with Gasteiger partial charge in [-0.15, -0.1) is 0 Å². The molecule has 0 heterocycles. The average molecular weight is 237 g/mol. The van der Waals surface area contributed by atoms with E-state index < -0.39 is 5.97 Å². The highest BCUT2D eigenvalue weighted by molar-refractivity contribution is 5.82. The van der Waals surface area contributed by atoms with Crippen LogP contribution in [0.5, 0.6) is 0 Å². The van der Waals surface area contributed by atoms with Gasteiger partial charge < -0.3 is 9.90 Å². The van der Waals surface area contributed by atoms with E-state index in [1.807, 2.05) is 60.7 Å². The zero-order valence-corrected chi connectivity index (χ0v) is 9.87. The van der Waals surface area contributed by atoms with Gasteiger partial charge in [-0.2, -0.15) is 0 Å². The molecule has 2 nitrogen and oxygen atoms in total. The van der Waals surface area contributed by atoms with Crippen LogP contribution in [0.25, 0.3) is 5.57 Å². The summed E-state index contributed by atoms with van der Waals surface area (Å²) >= 11 is 0. The van der Waals surface area contributed by atoms with Crippen molar-refractivity contribution in [2.45, 2.75) is 6.42 Å². The Hall–Kier alpha value is -2.35. The second-order valence-electron chi connectivity index (χ2n) is 3.93. The number of hydrogen-bond acceptors (Lipinski definition) is 2. The fraction of sp³-hybridized carbons (Fsp3) is 0.0625. The first-order valence-corrected chi connectivity index (χ1v) is 5.78. The van der Waals surface area contributed by atoms with Crippen molar-refractivity contribution >= 4 is 11.5 Å². The molecule has 0 aliphatic carbocycles. The summed E-state index contributed by atoms with van der Waals surface area (Å²) in [4.78, 5) is 10.6. The average Bonchev–Trinajstić information content (AvgIpc) is 2.41. The molecular formula is C16H13O2-. The maximum Gasteiger partial charge on any atom is 0.0452 e. The molecule has 2 aromatic rings. The van der Waals surface area contributed by atoms with Crippen molar-refractivity contribution < 1.29 is 9.90 Å². The summed E-state index contributed by atoms with van der Waals surface area (Å²) in [6.45, 7) is 0. The lowest BCUT2D eigenvalue weighted by Gasteiger charge is -2.09. The minimum absolute atomic E-state index is 0.0842. The molecule has 0 atom stereocenters. The molecule has 0 unspecified atom stereocenters. The highest BCUT2D eigenvalue weighted by Gasteiger charge is 2.03. The maximum absolute atomic E-state index is 10.6. The van der Waals surface area contributed by atoms with Gasteiger partial charge in [0.15, 0.2) is 0 Å². The van der Waals surface area contributed by atoms with Crippen LogP contribution in [-0.2, 0) is 4.79 Å². The number of benzene rings is 2. The smallest absolute Gasteiger partial charge is 0.0452 e. The number of aliphatic carboxylic acids is 1. The van der Waals surface area contributed by atoms with Gasteiger partial charge in [-0.3, -0.25) is 0 Å². The van der Waals surface area contributed by atoms with Gasteiger partial charge in [-0.1, -0.05) is 66.7 Å². The molecule has 0 spiro atoms. The Labute approximate surface area is 106 Å². The largest absolute Gasteiger partial charge is 0.550 e. The highest BCUT2D eigenvalue weighted by atomic mass is 16.4. The van der Waals surface area contributed by atoms with Crippen LogP contribution in [0, 0.1) is 0 Å². The van der Waals surface area contributed by atoms with Crippen LogP contribution in [0.15, 0.2) is 66.7 Å². The van der Waals surface area contributed by atoms with Crippen LogP contribution in [0.1, 0.15) is 17.5 Å². The van der Waals surface area contributed by atoms with E-state index in [-0.39, 0.29) is 6.42 Å². The summed E-state index contributed by atoms with van der Waals surface area (Å²) in [5.74, 6) is -1.07. The number of carboxylic acid groups (broad SMARTS) is 1. The Morgan fingerprint density at radius 2 is 1.33 bits per heavy atom. The lowest BCUT2D eigenvalue weighted by Crippen LogP contribution is -2.20. The molecule has 0 aliphatic rings. The molecule has 0 saturated carbocycles. The Morgan fingerprint density at radius 3 is 1.72 bits per heavy atom. The molecule has 0 fully saturated rings. The van der Waals surface area contributed by atoms with E-state index in [4.69, 9.17) is 0 Å². The summed E-state index contributed by atoms with van der Waals surface area (Å²) in [5.41, 5.74) is 2.93. The van der Waals surface area contributed by atoms with E-state index in [0.29, 0.717) is 0 Å². The van der Waals surface area contributed by atoms with Gasteiger partial charge >= 0.3 is 0 Å². The predicted molar refractivity (Wildman–Crippen MR) is 69.6 cm³/mol. The zero-order valence-electron chi connectivity index (χ0n) is 9.87. The zero-order chi connectivity index (χ0) is 12.8. The van der Waals surface area contributed by atoms with Crippen molar-refractivity contribution in [3.63, 3.8) is 0 Å². The highest BCUT2D eigenvalue weighted by Crippen LogP contribution is 2.23. The second-order valence-corrected chi connectivity index (χ2v) is 3.93. The first-order chi connectivity index (χ1) is 8.77. The van der Waals surface area contributed by atoms with Crippen molar-refractivity contribution in [1.29, 1.82) is 0 Å².